The Bertz CT molecular complexity index is 603. The first-order valence-electron chi connectivity index (χ1n) is 8.50. The van der Waals surface area contributed by atoms with E-state index >= 15 is 0 Å². The van der Waals surface area contributed by atoms with Crippen molar-refractivity contribution in [3.8, 4) is 0 Å². The van der Waals surface area contributed by atoms with Gasteiger partial charge in [0.25, 0.3) is 0 Å². The number of halogens is 1. The van der Waals surface area contributed by atoms with Gasteiger partial charge in [0.2, 0.25) is 11.8 Å². The number of guanidine groups is 1. The van der Waals surface area contributed by atoms with Crippen LogP contribution in [-0.4, -0.2) is 42.8 Å². The molecule has 2 amide bonds. The first-order chi connectivity index (χ1) is 11.7. The van der Waals surface area contributed by atoms with Crippen LogP contribution >= 0.6 is 24.0 Å². The van der Waals surface area contributed by atoms with E-state index in [1.165, 1.54) is 16.0 Å². The van der Waals surface area contributed by atoms with E-state index < -0.39 is 0 Å². The highest BCUT2D eigenvalue weighted by Crippen LogP contribution is 2.11. The maximum Gasteiger partial charge on any atom is 0.229 e. The molecule has 2 rings (SSSR count). The summed E-state index contributed by atoms with van der Waals surface area (Å²) in [6.45, 7) is 3.69. The Balaban J connectivity index is 0.00000312. The van der Waals surface area contributed by atoms with Gasteiger partial charge in [0, 0.05) is 39.5 Å². The van der Waals surface area contributed by atoms with Crippen molar-refractivity contribution in [1.82, 2.24) is 15.5 Å². The van der Waals surface area contributed by atoms with Gasteiger partial charge in [-0.05, 0) is 24.0 Å². The number of aliphatic imine (C=N–C) groups is 1. The molecule has 1 aromatic carbocycles. The van der Waals surface area contributed by atoms with E-state index in [1.807, 2.05) is 12.1 Å². The lowest BCUT2D eigenvalue weighted by molar-refractivity contribution is -0.147. The molecule has 0 radical (unpaired) electrons. The standard InChI is InChI=1S/C18H26N4O2.HI/c1-3-14-7-4-5-8-15(14)13-21-18(19-2)20-11-12-22-16(23)9-6-10-17(22)24;/h4-5,7-8H,3,6,9-13H2,1-2H3,(H2,19,20,21);1H. The van der Waals surface area contributed by atoms with E-state index in [2.05, 4.69) is 34.7 Å². The Morgan fingerprint density at radius 3 is 2.36 bits per heavy atom. The van der Waals surface area contributed by atoms with Crippen molar-refractivity contribution in [2.24, 2.45) is 4.99 Å². The van der Waals surface area contributed by atoms with Gasteiger partial charge in [0.15, 0.2) is 5.96 Å². The van der Waals surface area contributed by atoms with Gasteiger partial charge in [-0.3, -0.25) is 19.5 Å². The number of piperidine rings is 1. The zero-order chi connectivity index (χ0) is 17.4. The number of hydrogen-bond donors (Lipinski definition) is 2. The molecule has 0 spiro atoms. The molecule has 0 saturated carbocycles. The lowest BCUT2D eigenvalue weighted by Gasteiger charge is -2.25. The van der Waals surface area contributed by atoms with Gasteiger partial charge >= 0.3 is 0 Å². The quantitative estimate of drug-likeness (QED) is 0.296. The summed E-state index contributed by atoms with van der Waals surface area (Å²) in [5, 5.41) is 6.43. The van der Waals surface area contributed by atoms with E-state index in [-0.39, 0.29) is 35.8 Å². The van der Waals surface area contributed by atoms with Crippen LogP contribution in [-0.2, 0) is 22.6 Å². The van der Waals surface area contributed by atoms with Gasteiger partial charge in [0.1, 0.15) is 0 Å². The predicted octanol–water partition coefficient (Wildman–Crippen LogP) is 2.07. The minimum atomic E-state index is -0.0760. The minimum absolute atomic E-state index is 0. The van der Waals surface area contributed by atoms with Crippen LogP contribution in [0.4, 0.5) is 0 Å². The molecule has 25 heavy (non-hydrogen) atoms. The molecule has 1 heterocycles. The molecule has 7 heteroatoms. The van der Waals surface area contributed by atoms with Gasteiger partial charge < -0.3 is 10.6 Å². The molecule has 1 aromatic rings. The summed E-state index contributed by atoms with van der Waals surface area (Å²) in [6, 6.07) is 8.30. The summed E-state index contributed by atoms with van der Waals surface area (Å²) in [5.74, 6) is 0.513. The highest BCUT2D eigenvalue weighted by Gasteiger charge is 2.25. The Labute approximate surface area is 166 Å². The van der Waals surface area contributed by atoms with Gasteiger partial charge in [-0.25, -0.2) is 0 Å². The molecule has 0 atom stereocenters. The highest BCUT2D eigenvalue weighted by molar-refractivity contribution is 14.0. The Hall–Kier alpha value is -1.64. The van der Waals surface area contributed by atoms with Crippen molar-refractivity contribution in [3.63, 3.8) is 0 Å². The average Bonchev–Trinajstić information content (AvgIpc) is 2.60. The van der Waals surface area contributed by atoms with E-state index in [9.17, 15) is 9.59 Å². The number of nitrogens with zero attached hydrogens (tertiary/aromatic N) is 2. The zero-order valence-corrected chi connectivity index (χ0v) is 17.2. The number of nitrogens with one attached hydrogen (secondary N) is 2. The fourth-order valence-electron chi connectivity index (χ4n) is 2.81. The molecule has 1 aliphatic rings. The summed E-state index contributed by atoms with van der Waals surface area (Å²) in [6.07, 6.45) is 2.59. The van der Waals surface area contributed by atoms with Crippen LogP contribution < -0.4 is 10.6 Å². The van der Waals surface area contributed by atoms with E-state index in [0.29, 0.717) is 44.9 Å². The Morgan fingerprint density at radius 1 is 1.12 bits per heavy atom. The Morgan fingerprint density at radius 2 is 1.76 bits per heavy atom. The van der Waals surface area contributed by atoms with E-state index in [1.54, 1.807) is 7.05 Å². The maximum atomic E-state index is 11.8. The minimum Gasteiger partial charge on any atom is -0.355 e. The number of likely N-dealkylation sites (tertiary alicyclic amines) is 1. The van der Waals surface area contributed by atoms with Crippen molar-refractivity contribution in [2.45, 2.75) is 39.2 Å². The average molecular weight is 458 g/mol. The second-order valence-electron chi connectivity index (χ2n) is 5.77. The molecule has 0 bridgehead atoms. The number of carbonyl (C=O) groups is 2. The third-order valence-corrected chi connectivity index (χ3v) is 4.18. The fourth-order valence-corrected chi connectivity index (χ4v) is 2.81. The number of aryl methyl sites for hydroxylation is 1. The van der Waals surface area contributed by atoms with Crippen molar-refractivity contribution >= 4 is 41.8 Å². The molecule has 2 N–H and O–H groups in total. The molecule has 0 aromatic heterocycles. The number of rotatable bonds is 6. The first kappa shape index (κ1) is 21.4. The molecular formula is C18H27IN4O2. The molecule has 0 unspecified atom stereocenters. The van der Waals surface area contributed by atoms with Crippen molar-refractivity contribution in [3.05, 3.63) is 35.4 Å². The van der Waals surface area contributed by atoms with Crippen LogP contribution in [0, 0.1) is 0 Å². The molecule has 1 fully saturated rings. The number of hydrogen-bond acceptors (Lipinski definition) is 3. The number of imide groups is 1. The maximum absolute atomic E-state index is 11.8. The zero-order valence-electron chi connectivity index (χ0n) is 14.9. The summed E-state index contributed by atoms with van der Waals surface area (Å²) in [4.78, 5) is 29.1. The second kappa shape index (κ2) is 11.1. The van der Waals surface area contributed by atoms with Crippen molar-refractivity contribution in [1.29, 1.82) is 0 Å². The van der Waals surface area contributed by atoms with Crippen molar-refractivity contribution < 1.29 is 9.59 Å². The summed E-state index contributed by atoms with van der Waals surface area (Å²) >= 11 is 0. The monoisotopic (exact) mass is 458 g/mol. The normalized spacial score (nSPS) is 15.0. The van der Waals surface area contributed by atoms with E-state index in [0.717, 1.165) is 6.42 Å². The van der Waals surface area contributed by atoms with Crippen LogP contribution in [0.1, 0.15) is 37.3 Å². The highest BCUT2D eigenvalue weighted by atomic mass is 127. The third kappa shape index (κ3) is 6.30. The van der Waals surface area contributed by atoms with Crippen LogP contribution in [0.5, 0.6) is 0 Å². The van der Waals surface area contributed by atoms with Crippen molar-refractivity contribution in [2.75, 3.05) is 20.1 Å². The van der Waals surface area contributed by atoms with Crippen LogP contribution in [0.25, 0.3) is 0 Å². The first-order valence-corrected chi connectivity index (χ1v) is 8.50. The van der Waals surface area contributed by atoms with E-state index in [4.69, 9.17) is 0 Å². The van der Waals surface area contributed by atoms with Crippen LogP contribution in [0.3, 0.4) is 0 Å². The summed E-state index contributed by atoms with van der Waals surface area (Å²) in [5.41, 5.74) is 2.55. The largest absolute Gasteiger partial charge is 0.355 e. The van der Waals surface area contributed by atoms with Gasteiger partial charge in [-0.2, -0.15) is 0 Å². The number of carbonyl (C=O) groups excluding carboxylic acids is 2. The molecule has 0 aliphatic carbocycles. The van der Waals surface area contributed by atoms with Gasteiger partial charge in [-0.1, -0.05) is 31.2 Å². The van der Waals surface area contributed by atoms with Crippen LogP contribution in [0.15, 0.2) is 29.3 Å². The predicted molar refractivity (Wildman–Crippen MR) is 110 cm³/mol. The molecular weight excluding hydrogens is 431 g/mol. The molecule has 6 nitrogen and oxygen atoms in total. The molecule has 1 saturated heterocycles. The SMILES string of the molecule is CCc1ccccc1CNC(=NC)NCCN1C(=O)CCCC1=O.I. The lowest BCUT2D eigenvalue weighted by atomic mass is 10.1. The van der Waals surface area contributed by atoms with Gasteiger partial charge in [-0.15, -0.1) is 24.0 Å². The lowest BCUT2D eigenvalue weighted by Crippen LogP contribution is -2.46. The van der Waals surface area contributed by atoms with Gasteiger partial charge in [0.05, 0.1) is 0 Å². The second-order valence-corrected chi connectivity index (χ2v) is 5.77. The van der Waals surface area contributed by atoms with Crippen LogP contribution in [0.2, 0.25) is 0 Å². The fraction of sp³-hybridized carbons (Fsp3) is 0.500. The third-order valence-electron chi connectivity index (χ3n) is 4.18. The summed E-state index contributed by atoms with van der Waals surface area (Å²) in [7, 11) is 1.71. The molecule has 1 aliphatic heterocycles. The smallest absolute Gasteiger partial charge is 0.229 e. The molecule has 138 valence electrons. The number of amides is 2. The topological polar surface area (TPSA) is 73.8 Å². The Kier molecular flexibility index (Phi) is 9.48. The number of benzene rings is 1. The summed E-state index contributed by atoms with van der Waals surface area (Å²) < 4.78 is 0.